The summed E-state index contributed by atoms with van der Waals surface area (Å²) in [5.41, 5.74) is 0.625. The van der Waals surface area contributed by atoms with Gasteiger partial charge in [0.15, 0.2) is 0 Å². The van der Waals surface area contributed by atoms with Crippen LogP contribution in [-0.4, -0.2) is 13.1 Å². The minimum absolute atomic E-state index is 0.219. The first-order valence-electron chi connectivity index (χ1n) is 5.25. The first-order valence-corrected chi connectivity index (χ1v) is 5.63. The highest BCUT2D eigenvalue weighted by Crippen LogP contribution is 2.14. The van der Waals surface area contributed by atoms with Crippen molar-refractivity contribution in [2.75, 3.05) is 13.1 Å². The van der Waals surface area contributed by atoms with E-state index in [9.17, 15) is 4.39 Å². The number of nitrogens with one attached hydrogen (secondary N) is 1. The molecular formula is C12H14ClFN2. The first-order chi connectivity index (χ1) is 7.74. The molecule has 0 saturated heterocycles. The highest BCUT2D eigenvalue weighted by atomic mass is 35.5. The smallest absolute Gasteiger partial charge is 0.126 e. The highest BCUT2D eigenvalue weighted by Gasteiger charge is 2.02. The molecule has 0 radical (unpaired) electrons. The number of rotatable bonds is 6. The standard InChI is InChI=1S/C12H14ClFN2/c13-11-3-4-12(14)10(9-11)5-8-16-7-2-1-6-15/h3-4,9,16H,1-2,5,7-8H2. The molecule has 0 fully saturated rings. The maximum Gasteiger partial charge on any atom is 0.126 e. The Kier molecular flexibility index (Phi) is 5.84. The van der Waals surface area contributed by atoms with E-state index in [2.05, 4.69) is 11.4 Å². The number of nitrogens with zero attached hydrogens (tertiary/aromatic N) is 1. The van der Waals surface area contributed by atoms with Gasteiger partial charge in [-0.25, -0.2) is 4.39 Å². The molecule has 1 N–H and O–H groups in total. The van der Waals surface area contributed by atoms with Crippen LogP contribution in [0.25, 0.3) is 0 Å². The van der Waals surface area contributed by atoms with Crippen molar-refractivity contribution in [2.24, 2.45) is 0 Å². The Balaban J connectivity index is 2.27. The van der Waals surface area contributed by atoms with Gasteiger partial charge in [-0.05, 0) is 49.7 Å². The summed E-state index contributed by atoms with van der Waals surface area (Å²) < 4.78 is 13.3. The lowest BCUT2D eigenvalue weighted by Crippen LogP contribution is -2.18. The van der Waals surface area contributed by atoms with Crippen LogP contribution in [0.1, 0.15) is 18.4 Å². The molecule has 0 aliphatic heterocycles. The summed E-state index contributed by atoms with van der Waals surface area (Å²) in [5.74, 6) is -0.219. The van der Waals surface area contributed by atoms with Crippen LogP contribution in [0, 0.1) is 17.1 Å². The fourth-order valence-corrected chi connectivity index (χ4v) is 1.57. The minimum atomic E-state index is -0.219. The molecule has 0 bridgehead atoms. The number of hydrogen-bond donors (Lipinski definition) is 1. The number of nitriles is 1. The number of benzene rings is 1. The summed E-state index contributed by atoms with van der Waals surface area (Å²) >= 11 is 5.78. The first kappa shape index (κ1) is 13.0. The molecule has 16 heavy (non-hydrogen) atoms. The number of unbranched alkanes of at least 4 members (excludes halogenated alkanes) is 1. The van der Waals surface area contributed by atoms with Gasteiger partial charge in [0, 0.05) is 11.4 Å². The van der Waals surface area contributed by atoms with Crippen molar-refractivity contribution in [1.82, 2.24) is 5.32 Å². The molecule has 0 spiro atoms. The lowest BCUT2D eigenvalue weighted by molar-refractivity contribution is 0.594. The molecule has 1 aromatic carbocycles. The Bertz CT molecular complexity index is 374. The van der Waals surface area contributed by atoms with Crippen molar-refractivity contribution in [1.29, 1.82) is 5.26 Å². The van der Waals surface area contributed by atoms with Gasteiger partial charge in [0.25, 0.3) is 0 Å². The molecule has 0 saturated carbocycles. The molecule has 1 aromatic rings. The Hall–Kier alpha value is -1.11. The fourth-order valence-electron chi connectivity index (χ4n) is 1.38. The maximum atomic E-state index is 13.3. The quantitative estimate of drug-likeness (QED) is 0.776. The van der Waals surface area contributed by atoms with Crippen LogP contribution < -0.4 is 5.32 Å². The Morgan fingerprint density at radius 3 is 2.94 bits per heavy atom. The van der Waals surface area contributed by atoms with E-state index >= 15 is 0 Å². The molecule has 1 rings (SSSR count). The molecule has 0 heterocycles. The van der Waals surface area contributed by atoms with Crippen LogP contribution >= 0.6 is 11.6 Å². The molecule has 0 aliphatic rings. The highest BCUT2D eigenvalue weighted by molar-refractivity contribution is 6.30. The average Bonchev–Trinajstić information content (AvgIpc) is 2.28. The number of hydrogen-bond acceptors (Lipinski definition) is 2. The van der Waals surface area contributed by atoms with E-state index in [0.717, 1.165) is 13.0 Å². The van der Waals surface area contributed by atoms with Gasteiger partial charge in [0.05, 0.1) is 6.07 Å². The van der Waals surface area contributed by atoms with Gasteiger partial charge >= 0.3 is 0 Å². The summed E-state index contributed by atoms with van der Waals surface area (Å²) in [7, 11) is 0. The molecule has 0 amide bonds. The predicted octanol–water partition coefficient (Wildman–Crippen LogP) is 2.91. The zero-order valence-corrected chi connectivity index (χ0v) is 9.73. The SMILES string of the molecule is N#CCCCNCCc1cc(Cl)ccc1F. The van der Waals surface area contributed by atoms with Crippen LogP contribution in [0.5, 0.6) is 0 Å². The molecule has 0 unspecified atom stereocenters. The van der Waals surface area contributed by atoms with Crippen LogP contribution in [0.2, 0.25) is 5.02 Å². The number of halogens is 2. The van der Waals surface area contributed by atoms with Crippen molar-refractivity contribution in [3.63, 3.8) is 0 Å². The Labute approximate surface area is 100 Å². The zero-order valence-electron chi connectivity index (χ0n) is 8.97. The van der Waals surface area contributed by atoms with Crippen molar-refractivity contribution in [2.45, 2.75) is 19.3 Å². The van der Waals surface area contributed by atoms with Crippen LogP contribution in [0.3, 0.4) is 0 Å². The molecule has 86 valence electrons. The van der Waals surface area contributed by atoms with E-state index in [1.165, 1.54) is 6.07 Å². The summed E-state index contributed by atoms with van der Waals surface area (Å²) in [5, 5.41) is 12.0. The second kappa shape index (κ2) is 7.21. The van der Waals surface area contributed by atoms with E-state index in [1.54, 1.807) is 12.1 Å². The molecule has 0 aromatic heterocycles. The van der Waals surface area contributed by atoms with Crippen molar-refractivity contribution >= 4 is 11.6 Å². The molecule has 0 atom stereocenters. The predicted molar refractivity (Wildman–Crippen MR) is 62.8 cm³/mol. The summed E-state index contributed by atoms with van der Waals surface area (Å²) in [6, 6.07) is 6.65. The van der Waals surface area contributed by atoms with Gasteiger partial charge in [-0.15, -0.1) is 0 Å². The third-order valence-electron chi connectivity index (χ3n) is 2.22. The summed E-state index contributed by atoms with van der Waals surface area (Å²) in [6.07, 6.45) is 1.99. The van der Waals surface area contributed by atoms with E-state index < -0.39 is 0 Å². The second-order valence-corrected chi connectivity index (χ2v) is 3.93. The maximum absolute atomic E-state index is 13.3. The van der Waals surface area contributed by atoms with Crippen molar-refractivity contribution in [3.05, 3.63) is 34.6 Å². The summed E-state index contributed by atoms with van der Waals surface area (Å²) in [6.45, 7) is 1.48. The lowest BCUT2D eigenvalue weighted by atomic mass is 10.1. The third kappa shape index (κ3) is 4.61. The topological polar surface area (TPSA) is 35.8 Å². The van der Waals surface area contributed by atoms with Crippen molar-refractivity contribution < 1.29 is 4.39 Å². The minimum Gasteiger partial charge on any atom is -0.316 e. The van der Waals surface area contributed by atoms with Gasteiger partial charge in [-0.3, -0.25) is 0 Å². The largest absolute Gasteiger partial charge is 0.316 e. The van der Waals surface area contributed by atoms with Crippen LogP contribution in [-0.2, 0) is 6.42 Å². The van der Waals surface area contributed by atoms with E-state index in [1.807, 2.05) is 0 Å². The second-order valence-electron chi connectivity index (χ2n) is 3.50. The van der Waals surface area contributed by atoms with Gasteiger partial charge in [-0.1, -0.05) is 11.6 Å². The van der Waals surface area contributed by atoms with Crippen LogP contribution in [0.15, 0.2) is 18.2 Å². The van der Waals surface area contributed by atoms with Crippen LogP contribution in [0.4, 0.5) is 4.39 Å². The summed E-state index contributed by atoms with van der Waals surface area (Å²) in [4.78, 5) is 0. The van der Waals surface area contributed by atoms with Gasteiger partial charge in [0.2, 0.25) is 0 Å². The lowest BCUT2D eigenvalue weighted by Gasteiger charge is -2.05. The fraction of sp³-hybridized carbons (Fsp3) is 0.417. The third-order valence-corrected chi connectivity index (χ3v) is 2.46. The molecular weight excluding hydrogens is 227 g/mol. The van der Waals surface area contributed by atoms with E-state index in [0.29, 0.717) is 30.0 Å². The van der Waals surface area contributed by atoms with Gasteiger partial charge < -0.3 is 5.32 Å². The van der Waals surface area contributed by atoms with Gasteiger partial charge in [0.1, 0.15) is 5.82 Å². The zero-order chi connectivity index (χ0) is 11.8. The van der Waals surface area contributed by atoms with E-state index in [-0.39, 0.29) is 5.82 Å². The molecule has 0 aliphatic carbocycles. The van der Waals surface area contributed by atoms with Crippen molar-refractivity contribution in [3.8, 4) is 6.07 Å². The van der Waals surface area contributed by atoms with E-state index in [4.69, 9.17) is 16.9 Å². The monoisotopic (exact) mass is 240 g/mol. The average molecular weight is 241 g/mol. The molecule has 2 nitrogen and oxygen atoms in total. The molecule has 4 heteroatoms. The Morgan fingerprint density at radius 2 is 2.19 bits per heavy atom. The van der Waals surface area contributed by atoms with Gasteiger partial charge in [-0.2, -0.15) is 5.26 Å². The normalized spacial score (nSPS) is 10.1. The Morgan fingerprint density at radius 1 is 1.38 bits per heavy atom.